The lowest BCUT2D eigenvalue weighted by molar-refractivity contribution is 0.0950. The number of carbonyl (C=O) groups is 1. The van der Waals surface area contributed by atoms with Crippen LogP contribution in [-0.2, 0) is 6.54 Å². The third kappa shape index (κ3) is 5.20. The van der Waals surface area contributed by atoms with Gasteiger partial charge in [0.25, 0.3) is 5.91 Å². The van der Waals surface area contributed by atoms with Crippen LogP contribution in [0.5, 0.6) is 5.75 Å². The molecule has 3 aromatic rings. The van der Waals surface area contributed by atoms with Gasteiger partial charge in [-0.25, -0.2) is 9.97 Å². The summed E-state index contributed by atoms with van der Waals surface area (Å²) >= 11 is 6.10. The molecule has 0 unspecified atom stereocenters. The van der Waals surface area contributed by atoms with Gasteiger partial charge in [-0.2, -0.15) is 0 Å². The van der Waals surface area contributed by atoms with Crippen LogP contribution >= 0.6 is 11.6 Å². The van der Waals surface area contributed by atoms with E-state index in [4.69, 9.17) is 16.3 Å². The van der Waals surface area contributed by atoms with Gasteiger partial charge in [0.1, 0.15) is 5.75 Å². The summed E-state index contributed by atoms with van der Waals surface area (Å²) in [6.45, 7) is 4.26. The lowest BCUT2D eigenvalue weighted by Crippen LogP contribution is -2.23. The van der Waals surface area contributed by atoms with Crippen molar-refractivity contribution in [2.75, 3.05) is 5.32 Å². The zero-order valence-corrected chi connectivity index (χ0v) is 16.4. The first-order chi connectivity index (χ1) is 13.5. The van der Waals surface area contributed by atoms with Gasteiger partial charge in [-0.1, -0.05) is 41.9 Å². The van der Waals surface area contributed by atoms with Crippen molar-refractivity contribution < 1.29 is 9.53 Å². The van der Waals surface area contributed by atoms with Gasteiger partial charge in [0.2, 0.25) is 5.95 Å². The Labute approximate surface area is 168 Å². The molecule has 2 aromatic carbocycles. The second-order valence-corrected chi connectivity index (χ2v) is 6.76. The Hall–Kier alpha value is -3.12. The smallest absolute Gasteiger partial charge is 0.254 e. The molecule has 6 nitrogen and oxygen atoms in total. The van der Waals surface area contributed by atoms with Gasteiger partial charge in [0.05, 0.1) is 17.4 Å². The van der Waals surface area contributed by atoms with Crippen LogP contribution in [0.2, 0.25) is 5.02 Å². The predicted octanol–water partition coefficient (Wildman–Crippen LogP) is 4.59. The molecule has 144 valence electrons. The number of rotatable bonds is 7. The van der Waals surface area contributed by atoms with Gasteiger partial charge in [0.15, 0.2) is 0 Å². The van der Waals surface area contributed by atoms with E-state index in [0.717, 1.165) is 11.3 Å². The number of benzene rings is 2. The maximum Gasteiger partial charge on any atom is 0.254 e. The molecule has 0 radical (unpaired) electrons. The molecule has 2 N–H and O–H groups in total. The molecule has 0 atom stereocenters. The van der Waals surface area contributed by atoms with Crippen molar-refractivity contribution in [3.8, 4) is 5.75 Å². The van der Waals surface area contributed by atoms with Gasteiger partial charge in [-0.15, -0.1) is 0 Å². The molecule has 0 aliphatic rings. The largest absolute Gasteiger partial charge is 0.489 e. The van der Waals surface area contributed by atoms with Crippen molar-refractivity contribution in [2.24, 2.45) is 0 Å². The number of carbonyl (C=O) groups excluding carboxylic acids is 1. The predicted molar refractivity (Wildman–Crippen MR) is 110 cm³/mol. The quantitative estimate of drug-likeness (QED) is 0.610. The Kier molecular flexibility index (Phi) is 6.45. The number of para-hydroxylation sites is 2. The highest BCUT2D eigenvalue weighted by molar-refractivity contribution is 6.31. The summed E-state index contributed by atoms with van der Waals surface area (Å²) in [5.41, 5.74) is 1.97. The van der Waals surface area contributed by atoms with Crippen molar-refractivity contribution >= 4 is 29.1 Å². The van der Waals surface area contributed by atoms with Crippen LogP contribution < -0.4 is 15.4 Å². The fraction of sp³-hybridized carbons (Fsp3) is 0.190. The molecule has 1 heterocycles. The summed E-state index contributed by atoms with van der Waals surface area (Å²) in [6, 6.07) is 14.9. The number of hydrogen-bond acceptors (Lipinski definition) is 5. The van der Waals surface area contributed by atoms with Crippen LogP contribution in [0, 0.1) is 0 Å². The molecular weight excluding hydrogens is 376 g/mol. The van der Waals surface area contributed by atoms with Crippen molar-refractivity contribution in [3.63, 3.8) is 0 Å². The summed E-state index contributed by atoms with van der Waals surface area (Å²) in [5, 5.41) is 6.54. The molecule has 1 amide bonds. The lowest BCUT2D eigenvalue weighted by atomic mass is 10.2. The topological polar surface area (TPSA) is 76.1 Å². The molecule has 0 saturated carbocycles. The molecule has 0 aliphatic heterocycles. The highest BCUT2D eigenvalue weighted by Gasteiger charge is 2.10. The Morgan fingerprint density at radius 3 is 2.46 bits per heavy atom. The van der Waals surface area contributed by atoms with E-state index in [0.29, 0.717) is 28.8 Å². The Morgan fingerprint density at radius 2 is 1.75 bits per heavy atom. The number of anilines is 2. The molecule has 0 spiro atoms. The van der Waals surface area contributed by atoms with Crippen LogP contribution in [0.15, 0.2) is 60.9 Å². The average molecular weight is 397 g/mol. The maximum atomic E-state index is 12.3. The number of hydrogen-bond donors (Lipinski definition) is 2. The Balaban J connectivity index is 1.64. The molecule has 3 rings (SSSR count). The molecule has 1 aromatic heterocycles. The van der Waals surface area contributed by atoms with Crippen molar-refractivity contribution in [3.05, 3.63) is 77.1 Å². The first kappa shape index (κ1) is 19.6. The summed E-state index contributed by atoms with van der Waals surface area (Å²) in [6.07, 6.45) is 3.00. The van der Waals surface area contributed by atoms with Crippen molar-refractivity contribution in [1.29, 1.82) is 0 Å². The maximum absolute atomic E-state index is 12.3. The van der Waals surface area contributed by atoms with E-state index in [2.05, 4.69) is 20.6 Å². The van der Waals surface area contributed by atoms with Gasteiger partial charge in [0, 0.05) is 24.0 Å². The minimum atomic E-state index is -0.269. The van der Waals surface area contributed by atoms with Crippen LogP contribution in [0.3, 0.4) is 0 Å². The van der Waals surface area contributed by atoms with E-state index in [1.54, 1.807) is 6.07 Å². The van der Waals surface area contributed by atoms with Gasteiger partial charge in [-0.05, 0) is 37.6 Å². The standard InChI is InChI=1S/C21H21ClN4O2/c1-14(2)28-19-10-6-5-9-18(19)26-21-24-12-16(13-25-21)20(27)23-11-15-7-3-4-8-17(15)22/h3-10,12-14H,11H2,1-2H3,(H,23,27)(H,24,25,26). The number of aromatic nitrogens is 2. The molecule has 0 aliphatic carbocycles. The van der Waals surface area contributed by atoms with Crippen LogP contribution in [0.4, 0.5) is 11.6 Å². The average Bonchev–Trinajstić information content (AvgIpc) is 2.69. The van der Waals surface area contributed by atoms with Gasteiger partial charge in [-0.3, -0.25) is 4.79 Å². The van der Waals surface area contributed by atoms with E-state index in [1.807, 2.05) is 56.3 Å². The second-order valence-electron chi connectivity index (χ2n) is 6.36. The number of ether oxygens (including phenoxy) is 1. The fourth-order valence-electron chi connectivity index (χ4n) is 2.48. The first-order valence-electron chi connectivity index (χ1n) is 8.89. The van der Waals surface area contributed by atoms with E-state index < -0.39 is 0 Å². The molecule has 0 fully saturated rings. The lowest BCUT2D eigenvalue weighted by Gasteiger charge is -2.14. The summed E-state index contributed by atoms with van der Waals surface area (Å²) in [4.78, 5) is 20.7. The Morgan fingerprint density at radius 1 is 1.07 bits per heavy atom. The third-order valence-electron chi connectivity index (χ3n) is 3.81. The van der Waals surface area contributed by atoms with Crippen LogP contribution in [0.25, 0.3) is 0 Å². The molecular formula is C21H21ClN4O2. The van der Waals surface area contributed by atoms with Gasteiger partial charge < -0.3 is 15.4 Å². The second kappa shape index (κ2) is 9.19. The normalized spacial score (nSPS) is 10.6. The number of amides is 1. The molecule has 0 bridgehead atoms. The van der Waals surface area contributed by atoms with E-state index in [9.17, 15) is 4.79 Å². The fourth-order valence-corrected chi connectivity index (χ4v) is 2.68. The van der Waals surface area contributed by atoms with E-state index in [-0.39, 0.29) is 12.0 Å². The SMILES string of the molecule is CC(C)Oc1ccccc1Nc1ncc(C(=O)NCc2ccccc2Cl)cn1. The highest BCUT2D eigenvalue weighted by Crippen LogP contribution is 2.26. The third-order valence-corrected chi connectivity index (χ3v) is 4.18. The minimum absolute atomic E-state index is 0.0491. The van der Waals surface area contributed by atoms with E-state index in [1.165, 1.54) is 12.4 Å². The number of halogens is 1. The zero-order valence-electron chi connectivity index (χ0n) is 15.6. The summed E-state index contributed by atoms with van der Waals surface area (Å²) in [7, 11) is 0. The highest BCUT2D eigenvalue weighted by atomic mass is 35.5. The molecule has 28 heavy (non-hydrogen) atoms. The van der Waals surface area contributed by atoms with Crippen molar-refractivity contribution in [1.82, 2.24) is 15.3 Å². The Bertz CT molecular complexity index is 945. The van der Waals surface area contributed by atoms with Gasteiger partial charge >= 0.3 is 0 Å². The summed E-state index contributed by atoms with van der Waals surface area (Å²) < 4.78 is 5.77. The molecule has 0 saturated heterocycles. The monoisotopic (exact) mass is 396 g/mol. The first-order valence-corrected chi connectivity index (χ1v) is 9.27. The zero-order chi connectivity index (χ0) is 19.9. The van der Waals surface area contributed by atoms with Crippen LogP contribution in [-0.4, -0.2) is 22.0 Å². The number of nitrogens with one attached hydrogen (secondary N) is 2. The van der Waals surface area contributed by atoms with E-state index >= 15 is 0 Å². The van der Waals surface area contributed by atoms with Crippen LogP contribution in [0.1, 0.15) is 29.8 Å². The molecule has 7 heteroatoms. The number of nitrogens with zero attached hydrogens (tertiary/aromatic N) is 2. The summed E-state index contributed by atoms with van der Waals surface area (Å²) in [5.74, 6) is 0.820. The van der Waals surface area contributed by atoms with Crippen molar-refractivity contribution in [2.45, 2.75) is 26.5 Å². The minimum Gasteiger partial charge on any atom is -0.489 e.